The van der Waals surface area contributed by atoms with Crippen LogP contribution in [0.2, 0.25) is 0 Å². The second-order valence-corrected chi connectivity index (χ2v) is 4.71. The molecule has 2 atom stereocenters. The molecule has 0 aromatic heterocycles. The average Bonchev–Trinajstić information content (AvgIpc) is 2.38. The van der Waals surface area contributed by atoms with Crippen LogP contribution in [0.5, 0.6) is 0 Å². The number of nitrogens with two attached hydrogens (primary N) is 1. The van der Waals surface area contributed by atoms with Gasteiger partial charge >= 0.3 is 5.97 Å². The van der Waals surface area contributed by atoms with Gasteiger partial charge in [0, 0.05) is 6.54 Å². The Morgan fingerprint density at radius 3 is 2.42 bits per heavy atom. The third-order valence-electron chi connectivity index (χ3n) is 3.02. The molecule has 0 heterocycles. The molecule has 1 aromatic rings. The molecule has 5 heteroatoms. The Bertz CT molecular complexity index is 443. The number of carbonyl (C=O) groups excluding carboxylic acids is 1. The summed E-state index contributed by atoms with van der Waals surface area (Å²) in [5.41, 5.74) is 7.69. The zero-order valence-electron chi connectivity index (χ0n) is 11.2. The van der Waals surface area contributed by atoms with E-state index in [1.807, 2.05) is 31.2 Å². The number of aliphatic carboxylic acids is 1. The summed E-state index contributed by atoms with van der Waals surface area (Å²) < 4.78 is 0. The molecule has 0 saturated heterocycles. The number of hydrogen-bond donors (Lipinski definition) is 3. The van der Waals surface area contributed by atoms with Crippen molar-refractivity contribution in [1.82, 2.24) is 5.32 Å². The summed E-state index contributed by atoms with van der Waals surface area (Å²) in [5.74, 6) is -1.63. The van der Waals surface area contributed by atoms with E-state index >= 15 is 0 Å². The highest BCUT2D eigenvalue weighted by molar-refractivity contribution is 5.82. The molecule has 0 spiro atoms. The Hall–Kier alpha value is -1.88. The highest BCUT2D eigenvalue weighted by Gasteiger charge is 2.16. The quantitative estimate of drug-likeness (QED) is 0.720. The van der Waals surface area contributed by atoms with E-state index in [0.29, 0.717) is 13.0 Å². The van der Waals surface area contributed by atoms with Gasteiger partial charge in [0.05, 0.1) is 5.92 Å². The van der Waals surface area contributed by atoms with E-state index in [2.05, 4.69) is 5.32 Å². The van der Waals surface area contributed by atoms with Gasteiger partial charge in [-0.05, 0) is 18.9 Å². The van der Waals surface area contributed by atoms with Gasteiger partial charge in [-0.2, -0.15) is 0 Å². The van der Waals surface area contributed by atoms with Crippen LogP contribution in [-0.4, -0.2) is 23.5 Å². The van der Waals surface area contributed by atoms with Crippen molar-refractivity contribution >= 4 is 11.9 Å². The van der Waals surface area contributed by atoms with Gasteiger partial charge in [-0.1, -0.05) is 36.8 Å². The molecule has 1 rings (SSSR count). The lowest BCUT2D eigenvalue weighted by atomic mass is 10.0. The molecule has 0 aliphatic heterocycles. The molecule has 0 aliphatic carbocycles. The normalized spacial score (nSPS) is 13.6. The van der Waals surface area contributed by atoms with E-state index in [-0.39, 0.29) is 5.91 Å². The fourth-order valence-corrected chi connectivity index (χ4v) is 1.57. The SMILES string of the molecule is Cc1ccc(C(N)C(=O)NCCC(C)C(=O)O)cc1. The van der Waals surface area contributed by atoms with Crippen LogP contribution in [0.15, 0.2) is 24.3 Å². The Balaban J connectivity index is 2.45. The van der Waals surface area contributed by atoms with Crippen LogP contribution in [0.25, 0.3) is 0 Å². The van der Waals surface area contributed by atoms with Gasteiger partial charge in [0.25, 0.3) is 0 Å². The standard InChI is InChI=1S/C14H20N2O3/c1-9-3-5-11(6-4-9)12(15)13(17)16-8-7-10(2)14(18)19/h3-6,10,12H,7-8,15H2,1-2H3,(H,16,17)(H,18,19). The van der Waals surface area contributed by atoms with Crippen molar-refractivity contribution in [2.45, 2.75) is 26.3 Å². The number of rotatable bonds is 6. The monoisotopic (exact) mass is 264 g/mol. The summed E-state index contributed by atoms with van der Waals surface area (Å²) in [6.45, 7) is 3.88. The fourth-order valence-electron chi connectivity index (χ4n) is 1.57. The first-order chi connectivity index (χ1) is 8.91. The van der Waals surface area contributed by atoms with Crippen molar-refractivity contribution < 1.29 is 14.7 Å². The summed E-state index contributed by atoms with van der Waals surface area (Å²) in [4.78, 5) is 22.4. The molecule has 0 aliphatic rings. The highest BCUT2D eigenvalue weighted by atomic mass is 16.4. The van der Waals surface area contributed by atoms with Crippen LogP contribution in [-0.2, 0) is 9.59 Å². The van der Waals surface area contributed by atoms with E-state index in [4.69, 9.17) is 10.8 Å². The molecule has 1 aromatic carbocycles. The zero-order chi connectivity index (χ0) is 14.4. The van der Waals surface area contributed by atoms with Gasteiger partial charge in [0.15, 0.2) is 0 Å². The van der Waals surface area contributed by atoms with Gasteiger partial charge in [0.2, 0.25) is 5.91 Å². The predicted molar refractivity (Wildman–Crippen MR) is 72.5 cm³/mol. The molecular weight excluding hydrogens is 244 g/mol. The summed E-state index contributed by atoms with van der Waals surface area (Å²) in [7, 11) is 0. The van der Waals surface area contributed by atoms with Crippen LogP contribution < -0.4 is 11.1 Å². The van der Waals surface area contributed by atoms with Crippen LogP contribution in [0.3, 0.4) is 0 Å². The van der Waals surface area contributed by atoms with E-state index in [9.17, 15) is 9.59 Å². The molecule has 1 amide bonds. The molecular formula is C14H20N2O3. The first-order valence-corrected chi connectivity index (χ1v) is 6.24. The first kappa shape index (κ1) is 15.2. The first-order valence-electron chi connectivity index (χ1n) is 6.24. The van der Waals surface area contributed by atoms with E-state index in [1.54, 1.807) is 6.92 Å². The van der Waals surface area contributed by atoms with E-state index < -0.39 is 17.9 Å². The molecule has 0 saturated carbocycles. The smallest absolute Gasteiger partial charge is 0.306 e. The Labute approximate surface area is 112 Å². The molecule has 5 nitrogen and oxygen atoms in total. The van der Waals surface area contributed by atoms with Crippen molar-refractivity contribution in [1.29, 1.82) is 0 Å². The van der Waals surface area contributed by atoms with Crippen LogP contribution in [0, 0.1) is 12.8 Å². The molecule has 0 fully saturated rings. The van der Waals surface area contributed by atoms with E-state index in [1.165, 1.54) is 0 Å². The Morgan fingerprint density at radius 2 is 1.89 bits per heavy atom. The summed E-state index contributed by atoms with van der Waals surface area (Å²) in [6.07, 6.45) is 0.391. The van der Waals surface area contributed by atoms with Crippen molar-refractivity contribution in [2.75, 3.05) is 6.54 Å². The van der Waals surface area contributed by atoms with E-state index in [0.717, 1.165) is 11.1 Å². The Kier molecular flexibility index (Phi) is 5.51. The summed E-state index contributed by atoms with van der Waals surface area (Å²) in [5, 5.41) is 11.4. The predicted octanol–water partition coefficient (Wildman–Crippen LogP) is 1.22. The number of amides is 1. The largest absolute Gasteiger partial charge is 0.481 e. The summed E-state index contributed by atoms with van der Waals surface area (Å²) in [6, 6.07) is 6.71. The van der Waals surface area contributed by atoms with Crippen molar-refractivity contribution in [2.24, 2.45) is 11.7 Å². The molecule has 19 heavy (non-hydrogen) atoms. The lowest BCUT2D eigenvalue weighted by Gasteiger charge is -2.13. The maximum absolute atomic E-state index is 11.8. The van der Waals surface area contributed by atoms with Crippen LogP contribution in [0.4, 0.5) is 0 Å². The van der Waals surface area contributed by atoms with Crippen molar-refractivity contribution in [3.8, 4) is 0 Å². The molecule has 2 unspecified atom stereocenters. The zero-order valence-corrected chi connectivity index (χ0v) is 11.2. The topological polar surface area (TPSA) is 92.4 Å². The maximum Gasteiger partial charge on any atom is 0.306 e. The van der Waals surface area contributed by atoms with Crippen LogP contribution in [0.1, 0.15) is 30.5 Å². The minimum atomic E-state index is -0.864. The third kappa shape index (κ3) is 4.71. The van der Waals surface area contributed by atoms with Gasteiger partial charge < -0.3 is 16.2 Å². The van der Waals surface area contributed by atoms with Crippen molar-refractivity contribution in [3.05, 3.63) is 35.4 Å². The third-order valence-corrected chi connectivity index (χ3v) is 3.02. The average molecular weight is 264 g/mol. The lowest BCUT2D eigenvalue weighted by molar-refractivity contribution is -0.141. The second-order valence-electron chi connectivity index (χ2n) is 4.71. The number of benzene rings is 1. The van der Waals surface area contributed by atoms with Gasteiger partial charge in [-0.25, -0.2) is 0 Å². The van der Waals surface area contributed by atoms with Crippen molar-refractivity contribution in [3.63, 3.8) is 0 Å². The van der Waals surface area contributed by atoms with Crippen LogP contribution >= 0.6 is 0 Å². The lowest BCUT2D eigenvalue weighted by Crippen LogP contribution is -2.35. The Morgan fingerprint density at radius 1 is 1.32 bits per heavy atom. The molecule has 0 radical (unpaired) electrons. The van der Waals surface area contributed by atoms with Gasteiger partial charge in [-0.3, -0.25) is 9.59 Å². The minimum absolute atomic E-state index is 0.290. The minimum Gasteiger partial charge on any atom is -0.481 e. The number of aryl methyl sites for hydroxylation is 1. The van der Waals surface area contributed by atoms with Gasteiger partial charge in [-0.15, -0.1) is 0 Å². The highest BCUT2D eigenvalue weighted by Crippen LogP contribution is 2.11. The molecule has 0 bridgehead atoms. The number of hydrogen-bond acceptors (Lipinski definition) is 3. The number of nitrogens with one attached hydrogen (secondary N) is 1. The number of carboxylic acids is 1. The summed E-state index contributed by atoms with van der Waals surface area (Å²) >= 11 is 0. The maximum atomic E-state index is 11.8. The fraction of sp³-hybridized carbons (Fsp3) is 0.429. The van der Waals surface area contributed by atoms with Gasteiger partial charge in [0.1, 0.15) is 6.04 Å². The number of carbonyl (C=O) groups is 2. The second kappa shape index (κ2) is 6.89. The molecule has 4 N–H and O–H groups in total. The molecule has 104 valence electrons. The number of carboxylic acid groups (broad SMARTS) is 1.